The van der Waals surface area contributed by atoms with Crippen LogP contribution in [0.1, 0.15) is 103 Å². The fraction of sp³-hybridized carbons (Fsp3) is 0.690. The largest absolute Gasteiger partial charge is 0.444 e. The number of nitrogens with zero attached hydrogens (tertiary/aromatic N) is 1. The van der Waals surface area contributed by atoms with Gasteiger partial charge in [0, 0.05) is 12.1 Å². The topological polar surface area (TPSA) is 87.7 Å². The van der Waals surface area contributed by atoms with Crippen LogP contribution in [0.15, 0.2) is 24.3 Å². The maximum atomic E-state index is 14.2. The molecule has 1 aromatic carbocycles. The second-order valence-corrected chi connectivity index (χ2v) is 11.6. The zero-order valence-corrected chi connectivity index (χ0v) is 22.9. The van der Waals surface area contributed by atoms with Crippen molar-refractivity contribution in [2.75, 3.05) is 0 Å². The molecule has 36 heavy (non-hydrogen) atoms. The molecule has 3 amide bonds. The summed E-state index contributed by atoms with van der Waals surface area (Å²) >= 11 is 0. The van der Waals surface area contributed by atoms with E-state index in [4.69, 9.17) is 4.74 Å². The minimum Gasteiger partial charge on any atom is -0.444 e. The third kappa shape index (κ3) is 7.47. The van der Waals surface area contributed by atoms with Crippen LogP contribution in [0, 0.1) is 12.8 Å². The van der Waals surface area contributed by atoms with Gasteiger partial charge in [-0.3, -0.25) is 9.59 Å². The van der Waals surface area contributed by atoms with E-state index >= 15 is 0 Å². The maximum absolute atomic E-state index is 14.2. The number of carbonyl (C=O) groups is 3. The molecule has 0 bridgehead atoms. The predicted molar refractivity (Wildman–Crippen MR) is 141 cm³/mol. The second-order valence-electron chi connectivity index (χ2n) is 11.6. The van der Waals surface area contributed by atoms with Crippen molar-refractivity contribution in [2.24, 2.45) is 5.92 Å². The first-order valence-electron chi connectivity index (χ1n) is 13.7. The zero-order chi connectivity index (χ0) is 26.5. The molecular weight excluding hydrogens is 454 g/mol. The highest BCUT2D eigenvalue weighted by Gasteiger charge is 2.45. The van der Waals surface area contributed by atoms with E-state index in [1.807, 2.05) is 45.0 Å². The van der Waals surface area contributed by atoms with Crippen LogP contribution in [0.2, 0.25) is 0 Å². The van der Waals surface area contributed by atoms with E-state index in [0.717, 1.165) is 49.7 Å². The summed E-state index contributed by atoms with van der Waals surface area (Å²) < 4.78 is 5.48. The molecule has 0 aromatic heterocycles. The van der Waals surface area contributed by atoms with E-state index in [9.17, 15) is 14.4 Å². The summed E-state index contributed by atoms with van der Waals surface area (Å²) in [6.07, 6.45) is 7.16. The molecular formula is C29H45N3O4. The Morgan fingerprint density at radius 3 is 2.25 bits per heavy atom. The van der Waals surface area contributed by atoms with Gasteiger partial charge in [-0.25, -0.2) is 4.79 Å². The van der Waals surface area contributed by atoms with Gasteiger partial charge in [-0.05, 0) is 70.4 Å². The van der Waals surface area contributed by atoms with Crippen molar-refractivity contribution in [2.45, 2.75) is 123 Å². The van der Waals surface area contributed by atoms with Gasteiger partial charge >= 0.3 is 6.09 Å². The van der Waals surface area contributed by atoms with Crippen molar-refractivity contribution >= 4 is 17.9 Å². The molecule has 2 fully saturated rings. The lowest BCUT2D eigenvalue weighted by Gasteiger charge is -2.37. The second kappa shape index (κ2) is 12.1. The molecule has 0 heterocycles. The summed E-state index contributed by atoms with van der Waals surface area (Å²) in [6, 6.07) is 6.40. The highest BCUT2D eigenvalue weighted by molar-refractivity contribution is 5.93. The van der Waals surface area contributed by atoms with Crippen molar-refractivity contribution in [3.8, 4) is 0 Å². The Balaban J connectivity index is 1.95. The van der Waals surface area contributed by atoms with Crippen molar-refractivity contribution in [3.63, 3.8) is 0 Å². The van der Waals surface area contributed by atoms with E-state index < -0.39 is 23.8 Å². The summed E-state index contributed by atoms with van der Waals surface area (Å²) in [4.78, 5) is 42.6. The van der Waals surface area contributed by atoms with Crippen LogP contribution in [0.3, 0.4) is 0 Å². The highest BCUT2D eigenvalue weighted by Crippen LogP contribution is 2.37. The molecule has 1 aromatic rings. The van der Waals surface area contributed by atoms with Crippen molar-refractivity contribution in [1.29, 1.82) is 0 Å². The van der Waals surface area contributed by atoms with E-state index in [0.29, 0.717) is 6.42 Å². The number of carbonyl (C=O) groups excluding carboxylic acids is 3. The molecule has 2 aliphatic carbocycles. The number of rotatable bonds is 9. The molecule has 3 atom stereocenters. The predicted octanol–water partition coefficient (Wildman–Crippen LogP) is 5.42. The lowest BCUT2D eigenvalue weighted by Crippen LogP contribution is -2.56. The number of aryl methyl sites for hydroxylation is 1. The molecule has 2 saturated carbocycles. The fourth-order valence-corrected chi connectivity index (χ4v) is 4.99. The molecule has 7 nitrogen and oxygen atoms in total. The highest BCUT2D eigenvalue weighted by atomic mass is 16.6. The standard InChI is InChI=1S/C29H45N3O4/c1-7-19(2)24(31-28(35)36-29(4,5)6)27(34)32(22-17-18-22)25(23-16-12-11-13-20(23)3)26(33)30-21-14-9-8-10-15-21/h11-13,16,19,21-22,24-25H,7-10,14-15,17-18H2,1-6H3,(H,30,33)(H,31,35). The van der Waals surface area contributed by atoms with Crippen LogP contribution < -0.4 is 10.6 Å². The number of benzene rings is 1. The molecule has 7 heteroatoms. The normalized spacial score (nSPS) is 19.1. The Hall–Kier alpha value is -2.57. The van der Waals surface area contributed by atoms with Crippen LogP contribution in [-0.4, -0.2) is 46.5 Å². The van der Waals surface area contributed by atoms with Crippen molar-refractivity contribution in [3.05, 3.63) is 35.4 Å². The zero-order valence-electron chi connectivity index (χ0n) is 22.9. The average molecular weight is 500 g/mol. The van der Waals surface area contributed by atoms with Gasteiger partial charge in [0.25, 0.3) is 0 Å². The van der Waals surface area contributed by atoms with Crippen LogP contribution in [-0.2, 0) is 14.3 Å². The number of ether oxygens (including phenoxy) is 1. The minimum atomic E-state index is -0.778. The lowest BCUT2D eigenvalue weighted by molar-refractivity contribution is -0.144. The first kappa shape index (κ1) is 28.0. The molecule has 3 rings (SSSR count). The smallest absolute Gasteiger partial charge is 0.408 e. The lowest BCUT2D eigenvalue weighted by atomic mass is 9.92. The van der Waals surface area contributed by atoms with Crippen LogP contribution >= 0.6 is 0 Å². The molecule has 0 spiro atoms. The summed E-state index contributed by atoms with van der Waals surface area (Å²) in [5.41, 5.74) is 1.14. The molecule has 0 aliphatic heterocycles. The molecule has 2 aliphatic rings. The summed E-state index contributed by atoms with van der Waals surface area (Å²) in [5, 5.41) is 6.12. The van der Waals surface area contributed by atoms with Gasteiger partial charge in [-0.2, -0.15) is 0 Å². The Bertz CT molecular complexity index is 915. The number of alkyl carbamates (subject to hydrolysis) is 1. The summed E-state index contributed by atoms with van der Waals surface area (Å²) in [7, 11) is 0. The van der Waals surface area contributed by atoms with Gasteiger partial charge < -0.3 is 20.3 Å². The Kier molecular flexibility index (Phi) is 9.42. The number of amides is 3. The first-order chi connectivity index (χ1) is 17.0. The van der Waals surface area contributed by atoms with E-state index in [1.54, 1.807) is 25.7 Å². The monoisotopic (exact) mass is 499 g/mol. The van der Waals surface area contributed by atoms with Crippen LogP contribution in [0.4, 0.5) is 4.79 Å². The van der Waals surface area contributed by atoms with Crippen LogP contribution in [0.5, 0.6) is 0 Å². The van der Waals surface area contributed by atoms with Gasteiger partial charge in [-0.1, -0.05) is 63.8 Å². The molecule has 3 unspecified atom stereocenters. The van der Waals surface area contributed by atoms with Gasteiger partial charge in [0.05, 0.1) is 0 Å². The van der Waals surface area contributed by atoms with E-state index in [1.165, 1.54) is 6.42 Å². The third-order valence-electron chi connectivity index (χ3n) is 7.31. The SMILES string of the molecule is CCC(C)C(NC(=O)OC(C)(C)C)C(=O)N(C1CC1)C(C(=O)NC1CCCCC1)c1ccccc1C. The van der Waals surface area contributed by atoms with Gasteiger partial charge in [0.2, 0.25) is 11.8 Å². The van der Waals surface area contributed by atoms with E-state index in [-0.39, 0.29) is 29.8 Å². The van der Waals surface area contributed by atoms with Gasteiger partial charge in [0.1, 0.15) is 17.7 Å². The Labute approximate surface area is 216 Å². The number of hydrogen-bond donors (Lipinski definition) is 2. The Morgan fingerprint density at radius 1 is 1.06 bits per heavy atom. The minimum absolute atomic E-state index is 0.0220. The Morgan fingerprint density at radius 2 is 1.69 bits per heavy atom. The third-order valence-corrected chi connectivity index (χ3v) is 7.31. The summed E-state index contributed by atoms with van der Waals surface area (Å²) in [5.74, 6) is -0.466. The molecule has 0 saturated heterocycles. The van der Waals surface area contributed by atoms with Gasteiger partial charge in [0.15, 0.2) is 0 Å². The summed E-state index contributed by atoms with van der Waals surface area (Å²) in [6.45, 7) is 11.3. The fourth-order valence-electron chi connectivity index (χ4n) is 4.99. The van der Waals surface area contributed by atoms with E-state index in [2.05, 4.69) is 10.6 Å². The van der Waals surface area contributed by atoms with Crippen molar-refractivity contribution < 1.29 is 19.1 Å². The van der Waals surface area contributed by atoms with Crippen LogP contribution in [0.25, 0.3) is 0 Å². The first-order valence-corrected chi connectivity index (χ1v) is 13.7. The number of hydrogen-bond acceptors (Lipinski definition) is 4. The number of nitrogens with one attached hydrogen (secondary N) is 2. The maximum Gasteiger partial charge on any atom is 0.408 e. The quantitative estimate of drug-likeness (QED) is 0.475. The molecule has 0 radical (unpaired) electrons. The average Bonchev–Trinajstić information content (AvgIpc) is 3.65. The van der Waals surface area contributed by atoms with Crippen molar-refractivity contribution in [1.82, 2.24) is 15.5 Å². The molecule has 200 valence electrons. The molecule has 2 N–H and O–H groups in total. The van der Waals surface area contributed by atoms with Gasteiger partial charge in [-0.15, -0.1) is 0 Å².